The summed E-state index contributed by atoms with van der Waals surface area (Å²) >= 11 is 4.52. The summed E-state index contributed by atoms with van der Waals surface area (Å²) in [4.78, 5) is 14.4. The van der Waals surface area contributed by atoms with Crippen molar-refractivity contribution in [3.63, 3.8) is 0 Å². The van der Waals surface area contributed by atoms with E-state index in [1.54, 1.807) is 0 Å². The van der Waals surface area contributed by atoms with E-state index in [0.717, 1.165) is 6.20 Å². The molecular weight excluding hydrogens is 202 g/mol. The summed E-state index contributed by atoms with van der Waals surface area (Å²) in [5, 5.41) is -3.93. The molecule has 0 amide bonds. The fourth-order valence-corrected chi connectivity index (χ4v) is 0.849. The summed E-state index contributed by atoms with van der Waals surface area (Å²) in [5.41, 5.74) is 4.82. The maximum Gasteiger partial charge on any atom is 0.385 e. The van der Waals surface area contributed by atoms with Crippen LogP contribution < -0.4 is 5.73 Å². The molecule has 0 saturated heterocycles. The number of nitrogens with zero attached hydrogens (tertiary/aromatic N) is 1. The zero-order valence-electron chi connectivity index (χ0n) is 6.30. The number of alkyl halides is 3. The Kier molecular flexibility index (Phi) is 2.47. The lowest BCUT2D eigenvalue weighted by Gasteiger charge is -2.07. The van der Waals surface area contributed by atoms with E-state index in [9.17, 15) is 13.6 Å². The third kappa shape index (κ3) is 2.12. The molecule has 0 unspecified atom stereocenters. The molecule has 0 aliphatic carbocycles. The molecule has 2 N–H and O–H groups in total. The molecule has 1 aromatic heterocycles. The van der Waals surface area contributed by atoms with Crippen LogP contribution in [-0.4, -0.2) is 16.1 Å². The van der Waals surface area contributed by atoms with Crippen LogP contribution in [0, 0.1) is 0 Å². The van der Waals surface area contributed by atoms with E-state index in [1.165, 1.54) is 12.3 Å². The summed E-state index contributed by atoms with van der Waals surface area (Å²) in [6.45, 7) is 0. The number of nitrogen functional groups attached to an aromatic ring is 1. The zero-order chi connectivity index (χ0) is 10.1. The van der Waals surface area contributed by atoms with E-state index in [-0.39, 0.29) is 11.3 Å². The van der Waals surface area contributed by atoms with Gasteiger partial charge in [0.25, 0.3) is 5.78 Å². The fraction of sp³-hybridized carbons (Fsp3) is 0.143. The highest BCUT2D eigenvalue weighted by atomic mass is 35.5. The van der Waals surface area contributed by atoms with Gasteiger partial charge < -0.3 is 5.73 Å². The number of hydrogen-bond donors (Lipinski definition) is 1. The fourth-order valence-electron chi connectivity index (χ4n) is 0.748. The molecule has 70 valence electrons. The molecule has 6 heteroatoms. The highest BCUT2D eigenvalue weighted by Gasteiger charge is 2.37. The number of nitrogens with two attached hydrogens (primary N) is 1. The Morgan fingerprint density at radius 1 is 1.62 bits per heavy atom. The SMILES string of the molecule is Nc1ccncc1C(=O)C(F)(F)Cl. The zero-order valence-corrected chi connectivity index (χ0v) is 7.05. The Labute approximate surface area is 77.5 Å². The number of carbonyl (C=O) groups excluding carboxylic acids is 1. The predicted octanol–water partition coefficient (Wildman–Crippen LogP) is 1.68. The molecule has 0 atom stereocenters. The number of halogens is 3. The van der Waals surface area contributed by atoms with Crippen LogP contribution in [-0.2, 0) is 0 Å². The van der Waals surface area contributed by atoms with Crippen LogP contribution in [0.15, 0.2) is 18.5 Å². The Morgan fingerprint density at radius 2 is 2.23 bits per heavy atom. The second kappa shape index (κ2) is 3.26. The number of rotatable bonds is 2. The van der Waals surface area contributed by atoms with Crippen LogP contribution in [0.5, 0.6) is 0 Å². The van der Waals surface area contributed by atoms with Gasteiger partial charge in [-0.15, -0.1) is 0 Å². The van der Waals surface area contributed by atoms with Crippen molar-refractivity contribution in [2.75, 3.05) is 5.73 Å². The second-order valence-corrected chi connectivity index (χ2v) is 2.76. The van der Waals surface area contributed by atoms with Crippen LogP contribution in [0.25, 0.3) is 0 Å². The largest absolute Gasteiger partial charge is 0.398 e. The second-order valence-electron chi connectivity index (χ2n) is 2.29. The summed E-state index contributed by atoms with van der Waals surface area (Å²) < 4.78 is 24.6. The first-order valence-corrected chi connectivity index (χ1v) is 3.61. The molecule has 0 spiro atoms. The van der Waals surface area contributed by atoms with Gasteiger partial charge in [0, 0.05) is 18.1 Å². The monoisotopic (exact) mass is 206 g/mol. The van der Waals surface area contributed by atoms with Gasteiger partial charge >= 0.3 is 5.38 Å². The van der Waals surface area contributed by atoms with E-state index in [2.05, 4.69) is 16.6 Å². The van der Waals surface area contributed by atoms with Crippen LogP contribution in [0.2, 0.25) is 0 Å². The number of aromatic nitrogens is 1. The average Bonchev–Trinajstić information content (AvgIpc) is 2.02. The van der Waals surface area contributed by atoms with Gasteiger partial charge in [-0.1, -0.05) is 0 Å². The summed E-state index contributed by atoms with van der Waals surface area (Å²) in [6, 6.07) is 1.25. The number of pyridine rings is 1. The first-order chi connectivity index (χ1) is 5.93. The Bertz CT molecular complexity index is 338. The Hall–Kier alpha value is -1.23. The third-order valence-electron chi connectivity index (χ3n) is 1.36. The minimum absolute atomic E-state index is 0.0691. The molecule has 0 aliphatic heterocycles. The van der Waals surface area contributed by atoms with Crippen molar-refractivity contribution in [2.24, 2.45) is 0 Å². The Morgan fingerprint density at radius 3 is 2.69 bits per heavy atom. The van der Waals surface area contributed by atoms with Gasteiger partial charge in [-0.2, -0.15) is 8.78 Å². The smallest absolute Gasteiger partial charge is 0.385 e. The van der Waals surface area contributed by atoms with Gasteiger partial charge in [-0.25, -0.2) is 0 Å². The van der Waals surface area contributed by atoms with E-state index < -0.39 is 11.2 Å². The maximum atomic E-state index is 12.3. The molecule has 0 fully saturated rings. The van der Waals surface area contributed by atoms with Gasteiger partial charge in [0.2, 0.25) is 0 Å². The van der Waals surface area contributed by atoms with Crippen molar-refractivity contribution in [3.8, 4) is 0 Å². The number of hydrogen-bond acceptors (Lipinski definition) is 3. The van der Waals surface area contributed by atoms with Crippen molar-refractivity contribution in [3.05, 3.63) is 24.0 Å². The maximum absolute atomic E-state index is 12.3. The highest BCUT2D eigenvalue weighted by molar-refractivity contribution is 6.35. The molecule has 1 rings (SSSR count). The molecule has 0 aromatic carbocycles. The lowest BCUT2D eigenvalue weighted by molar-refractivity contribution is 0.0537. The number of ketones is 1. The van der Waals surface area contributed by atoms with Crippen molar-refractivity contribution < 1.29 is 13.6 Å². The van der Waals surface area contributed by atoms with Crippen LogP contribution in [0.4, 0.5) is 14.5 Å². The molecule has 13 heavy (non-hydrogen) atoms. The molecule has 0 bridgehead atoms. The van der Waals surface area contributed by atoms with Crippen molar-refractivity contribution in [1.29, 1.82) is 0 Å². The first-order valence-electron chi connectivity index (χ1n) is 3.24. The molecule has 1 heterocycles. The molecule has 0 saturated carbocycles. The number of Topliss-reactive ketones (excluding diaryl/α,β-unsaturated/α-hetero) is 1. The van der Waals surface area contributed by atoms with E-state index in [0.29, 0.717) is 0 Å². The molecule has 0 radical (unpaired) electrons. The lowest BCUT2D eigenvalue weighted by Crippen LogP contribution is -2.22. The van der Waals surface area contributed by atoms with Crippen molar-refractivity contribution >= 4 is 23.1 Å². The van der Waals surface area contributed by atoms with E-state index in [4.69, 9.17) is 5.73 Å². The van der Waals surface area contributed by atoms with Crippen LogP contribution in [0.3, 0.4) is 0 Å². The first kappa shape index (κ1) is 9.85. The van der Waals surface area contributed by atoms with Gasteiger partial charge in [0.15, 0.2) is 0 Å². The van der Waals surface area contributed by atoms with Gasteiger partial charge in [-0.05, 0) is 17.7 Å². The quantitative estimate of drug-likeness (QED) is 0.592. The highest BCUT2D eigenvalue weighted by Crippen LogP contribution is 2.26. The Balaban J connectivity index is 3.10. The minimum atomic E-state index is -3.93. The predicted molar refractivity (Wildman–Crippen MR) is 43.8 cm³/mol. The van der Waals surface area contributed by atoms with Crippen molar-refractivity contribution in [2.45, 2.75) is 5.38 Å². The van der Waals surface area contributed by atoms with Crippen LogP contribution in [0.1, 0.15) is 10.4 Å². The minimum Gasteiger partial charge on any atom is -0.398 e. The summed E-state index contributed by atoms with van der Waals surface area (Å²) in [6.07, 6.45) is 2.24. The normalized spacial score (nSPS) is 11.3. The lowest BCUT2D eigenvalue weighted by atomic mass is 10.1. The summed E-state index contributed by atoms with van der Waals surface area (Å²) in [5.74, 6) is -1.54. The molecule has 1 aromatic rings. The number of anilines is 1. The average molecular weight is 207 g/mol. The van der Waals surface area contributed by atoms with Crippen molar-refractivity contribution in [1.82, 2.24) is 4.98 Å². The van der Waals surface area contributed by atoms with Crippen LogP contribution >= 0.6 is 11.6 Å². The molecule has 0 aliphatic rings. The third-order valence-corrected chi connectivity index (χ3v) is 1.53. The molecule has 3 nitrogen and oxygen atoms in total. The standard InChI is InChI=1S/C7H5ClF2N2O/c8-7(9,10)6(13)4-3-12-2-1-5(4)11/h1-3H,(H2,11,12). The van der Waals surface area contributed by atoms with Gasteiger partial charge in [0.1, 0.15) is 0 Å². The van der Waals surface area contributed by atoms with E-state index in [1.807, 2.05) is 0 Å². The topological polar surface area (TPSA) is 56.0 Å². The summed E-state index contributed by atoms with van der Waals surface area (Å²) in [7, 11) is 0. The van der Waals surface area contributed by atoms with E-state index >= 15 is 0 Å². The molecular formula is C7H5ClF2N2O. The van der Waals surface area contributed by atoms with Gasteiger partial charge in [0.05, 0.1) is 5.56 Å². The van der Waals surface area contributed by atoms with Gasteiger partial charge in [-0.3, -0.25) is 9.78 Å². The number of carbonyl (C=O) groups is 1.